The van der Waals surface area contributed by atoms with E-state index in [4.69, 9.17) is 16.3 Å². The number of rotatable bonds is 6. The number of hydrogen-bond donors (Lipinski definition) is 1. The first-order chi connectivity index (χ1) is 16.5. The van der Waals surface area contributed by atoms with Crippen LogP contribution in [0.2, 0.25) is 5.02 Å². The van der Waals surface area contributed by atoms with Gasteiger partial charge in [-0.1, -0.05) is 23.7 Å². The second-order valence-corrected chi connectivity index (χ2v) is 8.54. The molecule has 180 valence electrons. The summed E-state index contributed by atoms with van der Waals surface area (Å²) in [6.45, 7) is 4.37. The van der Waals surface area contributed by atoms with Crippen LogP contribution < -0.4 is 10.3 Å². The maximum Gasteiger partial charge on any atom is 0.280 e. The van der Waals surface area contributed by atoms with Crippen molar-refractivity contribution in [3.05, 3.63) is 93.1 Å². The number of halogens is 3. The molecule has 11 heteroatoms. The second-order valence-electron chi connectivity index (χ2n) is 8.16. The smallest absolute Gasteiger partial charge is 0.280 e. The molecule has 3 aromatic heterocycles. The Morgan fingerprint density at radius 3 is 2.63 bits per heavy atom. The van der Waals surface area contributed by atoms with Gasteiger partial charge in [0.1, 0.15) is 29.5 Å². The molecule has 0 spiro atoms. The average Bonchev–Trinajstić information content (AvgIpc) is 2.81. The molecule has 0 bridgehead atoms. The number of aromatic nitrogens is 5. The number of benzene rings is 1. The maximum atomic E-state index is 13.8. The van der Waals surface area contributed by atoms with Gasteiger partial charge in [0.15, 0.2) is 16.7 Å². The highest BCUT2D eigenvalue weighted by atomic mass is 35.5. The van der Waals surface area contributed by atoms with Gasteiger partial charge in [-0.15, -0.1) is 0 Å². The van der Waals surface area contributed by atoms with Crippen molar-refractivity contribution in [2.75, 3.05) is 0 Å². The molecule has 0 aliphatic carbocycles. The Morgan fingerprint density at radius 1 is 1.14 bits per heavy atom. The first-order valence-corrected chi connectivity index (χ1v) is 10.8. The summed E-state index contributed by atoms with van der Waals surface area (Å²) in [6, 6.07) is 9.34. The van der Waals surface area contributed by atoms with E-state index in [1.54, 1.807) is 57.3 Å². The Balaban J connectivity index is 1.67. The Morgan fingerprint density at radius 2 is 1.91 bits per heavy atom. The van der Waals surface area contributed by atoms with Gasteiger partial charge in [-0.05, 0) is 39.0 Å². The van der Waals surface area contributed by atoms with E-state index < -0.39 is 29.4 Å². The SMILES string of the molecule is Cc1nc(OCc2ncc(F)cc2F)c(Cl)c(=O)n1-c1cccc(-c2ccnc(C(C)(C)O)n2)c1. The molecule has 0 aliphatic rings. The van der Waals surface area contributed by atoms with Gasteiger partial charge in [-0.3, -0.25) is 14.3 Å². The Hall–Kier alpha value is -3.76. The maximum absolute atomic E-state index is 13.8. The van der Waals surface area contributed by atoms with Gasteiger partial charge in [-0.2, -0.15) is 4.98 Å². The van der Waals surface area contributed by atoms with Crippen LogP contribution in [0.3, 0.4) is 0 Å². The van der Waals surface area contributed by atoms with Crippen molar-refractivity contribution in [3.8, 4) is 22.8 Å². The van der Waals surface area contributed by atoms with Crippen molar-refractivity contribution in [1.29, 1.82) is 0 Å². The third-order valence-corrected chi connectivity index (χ3v) is 5.32. The molecule has 0 saturated heterocycles. The zero-order chi connectivity index (χ0) is 25.3. The zero-order valence-electron chi connectivity index (χ0n) is 19.0. The number of nitrogens with zero attached hydrogens (tertiary/aromatic N) is 5. The molecule has 0 radical (unpaired) electrons. The summed E-state index contributed by atoms with van der Waals surface area (Å²) in [4.78, 5) is 29.5. The summed E-state index contributed by atoms with van der Waals surface area (Å²) in [5.74, 6) is -1.38. The van der Waals surface area contributed by atoms with Crippen LogP contribution in [0.1, 0.15) is 31.2 Å². The van der Waals surface area contributed by atoms with Gasteiger partial charge < -0.3 is 9.84 Å². The Kier molecular flexibility index (Phi) is 6.60. The van der Waals surface area contributed by atoms with Crippen LogP contribution in [-0.4, -0.2) is 29.6 Å². The second kappa shape index (κ2) is 9.47. The molecular formula is C24H20ClF2N5O3. The number of ether oxygens (including phenoxy) is 1. The van der Waals surface area contributed by atoms with Crippen LogP contribution in [0.4, 0.5) is 8.78 Å². The molecule has 0 atom stereocenters. The van der Waals surface area contributed by atoms with Crippen molar-refractivity contribution in [1.82, 2.24) is 24.5 Å². The molecule has 8 nitrogen and oxygen atoms in total. The zero-order valence-corrected chi connectivity index (χ0v) is 19.7. The van der Waals surface area contributed by atoms with E-state index in [0.29, 0.717) is 23.0 Å². The molecular weight excluding hydrogens is 480 g/mol. The van der Waals surface area contributed by atoms with E-state index in [2.05, 4.69) is 19.9 Å². The van der Waals surface area contributed by atoms with Crippen molar-refractivity contribution in [2.24, 2.45) is 0 Å². The third kappa shape index (κ3) is 5.18. The summed E-state index contributed by atoms with van der Waals surface area (Å²) in [7, 11) is 0. The molecule has 0 saturated carbocycles. The van der Waals surface area contributed by atoms with E-state index in [-0.39, 0.29) is 28.2 Å². The molecule has 0 fully saturated rings. The van der Waals surface area contributed by atoms with E-state index in [1.165, 1.54) is 4.57 Å². The molecule has 1 aromatic carbocycles. The first-order valence-electron chi connectivity index (χ1n) is 10.4. The number of pyridine rings is 1. The molecule has 1 N–H and O–H groups in total. The van der Waals surface area contributed by atoms with E-state index in [0.717, 1.165) is 6.20 Å². The Bertz CT molecular complexity index is 1470. The van der Waals surface area contributed by atoms with Crippen LogP contribution in [0.15, 0.2) is 53.6 Å². The fourth-order valence-corrected chi connectivity index (χ4v) is 3.47. The summed E-state index contributed by atoms with van der Waals surface area (Å²) < 4.78 is 33.6. The lowest BCUT2D eigenvalue weighted by Crippen LogP contribution is -2.23. The van der Waals surface area contributed by atoms with Crippen LogP contribution in [0.5, 0.6) is 5.88 Å². The highest BCUT2D eigenvalue weighted by Crippen LogP contribution is 2.25. The molecule has 0 unspecified atom stereocenters. The van der Waals surface area contributed by atoms with Crippen LogP contribution in [-0.2, 0) is 12.2 Å². The summed E-state index contributed by atoms with van der Waals surface area (Å²) >= 11 is 6.24. The van der Waals surface area contributed by atoms with E-state index >= 15 is 0 Å². The van der Waals surface area contributed by atoms with E-state index in [1.807, 2.05) is 0 Å². The highest BCUT2D eigenvalue weighted by Gasteiger charge is 2.21. The van der Waals surface area contributed by atoms with Crippen molar-refractivity contribution < 1.29 is 18.6 Å². The lowest BCUT2D eigenvalue weighted by molar-refractivity contribution is 0.0688. The molecule has 0 amide bonds. The molecule has 3 heterocycles. The largest absolute Gasteiger partial charge is 0.470 e. The van der Waals surface area contributed by atoms with Crippen molar-refractivity contribution in [2.45, 2.75) is 33.0 Å². The minimum absolute atomic E-state index is 0.158. The lowest BCUT2D eigenvalue weighted by Gasteiger charge is -2.16. The van der Waals surface area contributed by atoms with Crippen LogP contribution >= 0.6 is 11.6 Å². The number of aryl methyl sites for hydroxylation is 1. The van der Waals surface area contributed by atoms with Gasteiger partial charge in [0, 0.05) is 17.8 Å². The summed E-state index contributed by atoms with van der Waals surface area (Å²) in [6.07, 6.45) is 2.40. The molecule has 4 rings (SSSR count). The molecule has 35 heavy (non-hydrogen) atoms. The molecule has 0 aliphatic heterocycles. The fraction of sp³-hybridized carbons (Fsp3) is 0.208. The predicted molar refractivity (Wildman–Crippen MR) is 124 cm³/mol. The molecule has 4 aromatic rings. The monoisotopic (exact) mass is 499 g/mol. The Labute approximate surface area is 203 Å². The number of aliphatic hydroxyl groups is 1. The van der Waals surface area contributed by atoms with E-state index in [9.17, 15) is 18.7 Å². The normalized spacial score (nSPS) is 11.5. The van der Waals surface area contributed by atoms with Crippen molar-refractivity contribution in [3.63, 3.8) is 0 Å². The quantitative estimate of drug-likeness (QED) is 0.425. The predicted octanol–water partition coefficient (Wildman–Crippen LogP) is 4.13. The first kappa shape index (κ1) is 24.4. The van der Waals surface area contributed by atoms with Crippen LogP contribution in [0, 0.1) is 18.6 Å². The minimum Gasteiger partial charge on any atom is -0.470 e. The van der Waals surface area contributed by atoms with Gasteiger partial charge in [0.05, 0.1) is 17.6 Å². The summed E-state index contributed by atoms with van der Waals surface area (Å²) in [5, 5.41) is 9.91. The lowest BCUT2D eigenvalue weighted by atomic mass is 10.1. The minimum atomic E-state index is -1.22. The number of hydrogen-bond acceptors (Lipinski definition) is 7. The van der Waals surface area contributed by atoms with Crippen molar-refractivity contribution >= 4 is 11.6 Å². The average molecular weight is 500 g/mol. The standard InChI is InChI=1S/C24H20ClF2N5O3/c1-13-30-21(35-12-19-17(27)10-15(26)11-29-19)20(25)22(33)32(13)16-6-4-5-14(9-16)18-7-8-28-23(31-18)24(2,3)34/h4-11,34H,12H2,1-3H3. The topological polar surface area (TPSA) is 103 Å². The van der Waals surface area contributed by atoms with Crippen LogP contribution in [0.25, 0.3) is 16.9 Å². The van der Waals surface area contributed by atoms with Gasteiger partial charge in [0.25, 0.3) is 5.56 Å². The summed E-state index contributed by atoms with van der Waals surface area (Å²) in [5.41, 5.74) is -0.275. The van der Waals surface area contributed by atoms with Gasteiger partial charge in [0.2, 0.25) is 5.88 Å². The fourth-order valence-electron chi connectivity index (χ4n) is 3.29. The van der Waals surface area contributed by atoms with Gasteiger partial charge in [-0.25, -0.2) is 18.7 Å². The highest BCUT2D eigenvalue weighted by molar-refractivity contribution is 6.31. The third-order valence-electron chi connectivity index (χ3n) is 5.00. The van der Waals surface area contributed by atoms with Gasteiger partial charge >= 0.3 is 0 Å².